The van der Waals surface area contributed by atoms with E-state index in [1.807, 2.05) is 43.3 Å². The Morgan fingerprint density at radius 1 is 1.07 bits per heavy atom. The van der Waals surface area contributed by atoms with E-state index in [4.69, 9.17) is 0 Å². The summed E-state index contributed by atoms with van der Waals surface area (Å²) >= 11 is 0. The van der Waals surface area contributed by atoms with Crippen LogP contribution in [0.15, 0.2) is 24.3 Å². The molecule has 3 saturated heterocycles. The fraction of sp³-hybridized carbons (Fsp3) is 0.652. The molecule has 0 aliphatic carbocycles. The van der Waals surface area contributed by atoms with Crippen molar-refractivity contribution in [1.82, 2.24) is 14.7 Å². The number of amides is 2. The Balaban J connectivity index is 1.56. The van der Waals surface area contributed by atoms with E-state index in [0.717, 1.165) is 50.1 Å². The van der Waals surface area contributed by atoms with Gasteiger partial charge >= 0.3 is 0 Å². The molecule has 0 spiro atoms. The van der Waals surface area contributed by atoms with Gasteiger partial charge in [-0.2, -0.15) is 0 Å². The zero-order chi connectivity index (χ0) is 20.7. The van der Waals surface area contributed by atoms with Crippen molar-refractivity contribution in [3.8, 4) is 0 Å². The van der Waals surface area contributed by atoms with Crippen molar-refractivity contribution in [3.63, 3.8) is 0 Å². The summed E-state index contributed by atoms with van der Waals surface area (Å²) in [7, 11) is 8.16. The number of likely N-dealkylation sites (N-methyl/N-ethyl adjacent to an activating group) is 1. The molecule has 3 aliphatic rings. The molecule has 2 bridgehead atoms. The summed E-state index contributed by atoms with van der Waals surface area (Å²) in [6, 6.07) is 8.41. The van der Waals surface area contributed by atoms with Crippen molar-refractivity contribution in [2.24, 2.45) is 11.8 Å². The van der Waals surface area contributed by atoms with E-state index in [0.29, 0.717) is 30.2 Å². The Morgan fingerprint density at radius 2 is 1.76 bits per heavy atom. The summed E-state index contributed by atoms with van der Waals surface area (Å²) in [5.41, 5.74) is 1.86. The van der Waals surface area contributed by atoms with E-state index >= 15 is 0 Å². The van der Waals surface area contributed by atoms with Crippen molar-refractivity contribution in [3.05, 3.63) is 29.8 Å². The second-order valence-electron chi connectivity index (χ2n) is 9.50. The molecular weight excluding hydrogens is 364 g/mol. The minimum Gasteiger partial charge on any atom is -0.378 e. The van der Waals surface area contributed by atoms with Crippen LogP contribution in [0.4, 0.5) is 5.69 Å². The quantitative estimate of drug-likeness (QED) is 0.780. The molecule has 0 N–H and O–H groups in total. The molecule has 158 valence electrons. The Bertz CT molecular complexity index is 761. The van der Waals surface area contributed by atoms with Gasteiger partial charge in [-0.1, -0.05) is 0 Å². The summed E-state index contributed by atoms with van der Waals surface area (Å²) in [6.45, 7) is 2.40. The van der Waals surface area contributed by atoms with Crippen molar-refractivity contribution in [2.45, 2.75) is 37.8 Å². The third kappa shape index (κ3) is 3.87. The topological polar surface area (TPSA) is 47.1 Å². The number of rotatable bonds is 4. The highest BCUT2D eigenvalue weighted by molar-refractivity contribution is 5.94. The van der Waals surface area contributed by atoms with Crippen molar-refractivity contribution in [1.29, 1.82) is 0 Å². The molecular formula is C23H34N4O2. The third-order valence-corrected chi connectivity index (χ3v) is 6.97. The lowest BCUT2D eigenvalue weighted by Crippen LogP contribution is -2.67. The van der Waals surface area contributed by atoms with Crippen molar-refractivity contribution < 1.29 is 9.59 Å². The molecule has 3 fully saturated rings. The van der Waals surface area contributed by atoms with Crippen LogP contribution in [0.1, 0.15) is 36.0 Å². The first-order chi connectivity index (χ1) is 13.8. The molecule has 4 rings (SSSR count). The highest BCUT2D eigenvalue weighted by Gasteiger charge is 2.50. The minimum absolute atomic E-state index is 0.129. The Kier molecular flexibility index (Phi) is 5.56. The normalized spacial score (nSPS) is 29.1. The molecule has 0 saturated carbocycles. The maximum atomic E-state index is 13.3. The zero-order valence-electron chi connectivity index (χ0n) is 18.2. The van der Waals surface area contributed by atoms with Crippen LogP contribution in [0.3, 0.4) is 0 Å². The van der Waals surface area contributed by atoms with Crippen LogP contribution < -0.4 is 4.90 Å². The number of fused-ring (bicyclic) bond motifs is 4. The van der Waals surface area contributed by atoms with Gasteiger partial charge in [0.2, 0.25) is 5.91 Å². The summed E-state index contributed by atoms with van der Waals surface area (Å²) in [5, 5.41) is 0. The van der Waals surface area contributed by atoms with Crippen LogP contribution in [0.25, 0.3) is 0 Å². The SMILES string of the molecule is CN(C)C[C@H]1[C@H]2C[C@H](CN(C(=O)c3ccc(N(C)C)cc3)C2)[C@@H]2CCCC(=O)N21. The Labute approximate surface area is 174 Å². The van der Waals surface area contributed by atoms with Gasteiger partial charge in [0.15, 0.2) is 0 Å². The Hall–Kier alpha value is -2.08. The van der Waals surface area contributed by atoms with Gasteiger partial charge in [-0.25, -0.2) is 0 Å². The standard InChI is InChI=1S/C23H34N4O2/c1-24(2)15-21-18-12-17(20-6-5-7-22(28)27(20)21)13-26(14-18)23(29)16-8-10-19(11-9-16)25(3)4/h8-11,17-18,20-21H,5-7,12-15H2,1-4H3/t17-,18+,20+,21+/m1/s1. The molecule has 29 heavy (non-hydrogen) atoms. The molecule has 1 aromatic rings. The molecule has 1 aromatic carbocycles. The summed E-state index contributed by atoms with van der Waals surface area (Å²) in [5.74, 6) is 1.21. The smallest absolute Gasteiger partial charge is 0.253 e. The maximum Gasteiger partial charge on any atom is 0.253 e. The van der Waals surface area contributed by atoms with Crippen LogP contribution >= 0.6 is 0 Å². The maximum absolute atomic E-state index is 13.3. The summed E-state index contributed by atoms with van der Waals surface area (Å²) < 4.78 is 0. The molecule has 0 aromatic heterocycles. The highest BCUT2D eigenvalue weighted by Crippen LogP contribution is 2.42. The molecule has 0 unspecified atom stereocenters. The molecule has 3 heterocycles. The number of piperidine rings is 3. The van der Waals surface area contributed by atoms with Gasteiger partial charge in [-0.3, -0.25) is 9.59 Å². The van der Waals surface area contributed by atoms with E-state index in [2.05, 4.69) is 28.8 Å². The van der Waals surface area contributed by atoms with E-state index < -0.39 is 0 Å². The molecule has 6 heteroatoms. The molecule has 3 aliphatic heterocycles. The number of hydrogen-bond acceptors (Lipinski definition) is 4. The number of hydrogen-bond donors (Lipinski definition) is 0. The molecule has 6 nitrogen and oxygen atoms in total. The van der Waals surface area contributed by atoms with Gasteiger partial charge < -0.3 is 19.6 Å². The van der Waals surface area contributed by atoms with Crippen LogP contribution in [0, 0.1) is 11.8 Å². The number of benzene rings is 1. The molecule has 4 atom stereocenters. The van der Waals surface area contributed by atoms with Gasteiger partial charge in [-0.15, -0.1) is 0 Å². The first kappa shape index (κ1) is 20.2. The van der Waals surface area contributed by atoms with E-state index in [1.165, 1.54) is 0 Å². The minimum atomic E-state index is 0.129. The third-order valence-electron chi connectivity index (χ3n) is 6.97. The average molecular weight is 399 g/mol. The largest absolute Gasteiger partial charge is 0.378 e. The second kappa shape index (κ2) is 7.98. The van der Waals surface area contributed by atoms with Gasteiger partial charge in [0.1, 0.15) is 0 Å². The highest BCUT2D eigenvalue weighted by atomic mass is 16.2. The van der Waals surface area contributed by atoms with Crippen molar-refractivity contribution >= 4 is 17.5 Å². The van der Waals surface area contributed by atoms with Gasteiger partial charge in [0, 0.05) is 63.5 Å². The van der Waals surface area contributed by atoms with Crippen LogP contribution in [0.5, 0.6) is 0 Å². The number of likely N-dealkylation sites (tertiary alicyclic amines) is 1. The second-order valence-corrected chi connectivity index (χ2v) is 9.50. The lowest BCUT2D eigenvalue weighted by molar-refractivity contribution is -0.152. The van der Waals surface area contributed by atoms with Gasteiger partial charge in [-0.05, 0) is 69.5 Å². The van der Waals surface area contributed by atoms with E-state index in [9.17, 15) is 9.59 Å². The summed E-state index contributed by atoms with van der Waals surface area (Å²) in [4.78, 5) is 34.6. The van der Waals surface area contributed by atoms with E-state index in [-0.39, 0.29) is 11.9 Å². The molecule has 0 radical (unpaired) electrons. The van der Waals surface area contributed by atoms with Crippen LogP contribution in [0.2, 0.25) is 0 Å². The first-order valence-electron chi connectivity index (χ1n) is 10.9. The van der Waals surface area contributed by atoms with Crippen LogP contribution in [-0.2, 0) is 4.79 Å². The number of carbonyl (C=O) groups is 2. The van der Waals surface area contributed by atoms with E-state index in [1.54, 1.807) is 0 Å². The predicted molar refractivity (Wildman–Crippen MR) is 115 cm³/mol. The lowest BCUT2D eigenvalue weighted by atomic mass is 9.72. The predicted octanol–water partition coefficient (Wildman–Crippen LogP) is 2.16. The average Bonchev–Trinajstić information content (AvgIpc) is 2.70. The number of carbonyl (C=O) groups excluding carboxylic acids is 2. The fourth-order valence-corrected chi connectivity index (χ4v) is 5.63. The fourth-order valence-electron chi connectivity index (χ4n) is 5.63. The zero-order valence-corrected chi connectivity index (χ0v) is 18.2. The lowest BCUT2D eigenvalue weighted by Gasteiger charge is -2.57. The number of nitrogens with zero attached hydrogens (tertiary/aromatic N) is 4. The van der Waals surface area contributed by atoms with Gasteiger partial charge in [0.05, 0.1) is 0 Å². The monoisotopic (exact) mass is 398 g/mol. The molecule has 2 amide bonds. The number of anilines is 1. The summed E-state index contributed by atoms with van der Waals surface area (Å²) in [6.07, 6.45) is 3.87. The van der Waals surface area contributed by atoms with Crippen molar-refractivity contribution in [2.75, 3.05) is 52.7 Å². The van der Waals surface area contributed by atoms with Crippen LogP contribution in [-0.4, -0.2) is 86.4 Å². The van der Waals surface area contributed by atoms with Gasteiger partial charge in [0.25, 0.3) is 5.91 Å². The Morgan fingerprint density at radius 3 is 2.41 bits per heavy atom. The first-order valence-corrected chi connectivity index (χ1v) is 10.9.